The first-order valence-electron chi connectivity index (χ1n) is 8.10. The van der Waals surface area contributed by atoms with E-state index >= 15 is 0 Å². The molecule has 4 nitrogen and oxygen atoms in total. The van der Waals surface area contributed by atoms with Gasteiger partial charge in [-0.15, -0.1) is 11.3 Å². The van der Waals surface area contributed by atoms with E-state index in [0.29, 0.717) is 12.5 Å². The third-order valence-electron chi connectivity index (χ3n) is 5.80. The number of rotatable bonds is 4. The fourth-order valence-electron chi connectivity index (χ4n) is 4.74. The molecule has 2 saturated carbocycles. The van der Waals surface area contributed by atoms with Gasteiger partial charge in [0, 0.05) is 10.9 Å². The van der Waals surface area contributed by atoms with Gasteiger partial charge in [0.25, 0.3) is 0 Å². The van der Waals surface area contributed by atoms with Crippen molar-refractivity contribution < 1.29 is 9.90 Å². The maximum absolute atomic E-state index is 11.2. The molecule has 5 atom stereocenters. The van der Waals surface area contributed by atoms with Crippen molar-refractivity contribution in [2.75, 3.05) is 5.32 Å². The highest BCUT2D eigenvalue weighted by atomic mass is 32.1. The van der Waals surface area contributed by atoms with Crippen LogP contribution >= 0.6 is 11.3 Å². The number of aryl methyl sites for hydroxylation is 1. The zero-order valence-electron chi connectivity index (χ0n) is 12.3. The third kappa shape index (κ3) is 2.26. The Morgan fingerprint density at radius 2 is 2.24 bits per heavy atom. The van der Waals surface area contributed by atoms with Gasteiger partial charge in [0.15, 0.2) is 5.13 Å². The number of carbonyl (C=O) groups is 1. The zero-order chi connectivity index (χ0) is 14.6. The van der Waals surface area contributed by atoms with E-state index in [9.17, 15) is 9.90 Å². The van der Waals surface area contributed by atoms with Crippen LogP contribution < -0.4 is 5.32 Å². The SMILES string of the molecule is CC(Nc1nc2c(s1)CCC2C(=O)O)C1CC2CCC1C2. The fraction of sp³-hybridized carbons (Fsp3) is 0.750. The van der Waals surface area contributed by atoms with Gasteiger partial charge in [0.05, 0.1) is 5.69 Å². The van der Waals surface area contributed by atoms with E-state index in [-0.39, 0.29) is 5.92 Å². The summed E-state index contributed by atoms with van der Waals surface area (Å²) in [5.74, 6) is 1.52. The van der Waals surface area contributed by atoms with Gasteiger partial charge in [-0.05, 0) is 56.8 Å². The smallest absolute Gasteiger partial charge is 0.312 e. The van der Waals surface area contributed by atoms with Gasteiger partial charge in [0.1, 0.15) is 5.92 Å². The summed E-state index contributed by atoms with van der Waals surface area (Å²) in [5, 5.41) is 13.7. The van der Waals surface area contributed by atoms with E-state index in [1.807, 2.05) is 0 Å². The first kappa shape index (κ1) is 13.6. The monoisotopic (exact) mass is 306 g/mol. The third-order valence-corrected chi connectivity index (χ3v) is 6.86. The van der Waals surface area contributed by atoms with Gasteiger partial charge in [-0.25, -0.2) is 4.98 Å². The lowest BCUT2D eigenvalue weighted by molar-refractivity contribution is -0.138. The molecule has 21 heavy (non-hydrogen) atoms. The van der Waals surface area contributed by atoms with Crippen LogP contribution in [0.4, 0.5) is 5.13 Å². The Morgan fingerprint density at radius 1 is 1.38 bits per heavy atom. The van der Waals surface area contributed by atoms with E-state index in [2.05, 4.69) is 17.2 Å². The predicted octanol–water partition coefficient (Wildman–Crippen LogP) is 3.49. The second-order valence-corrected chi connectivity index (χ2v) is 8.11. The Balaban J connectivity index is 1.46. The minimum Gasteiger partial charge on any atom is -0.481 e. The lowest BCUT2D eigenvalue weighted by atomic mass is 9.84. The molecular weight excluding hydrogens is 284 g/mol. The molecule has 2 bridgehead atoms. The first-order valence-corrected chi connectivity index (χ1v) is 8.92. The molecule has 0 amide bonds. The number of anilines is 1. The minimum absolute atomic E-state index is 0.385. The Morgan fingerprint density at radius 3 is 2.90 bits per heavy atom. The minimum atomic E-state index is -0.730. The number of fused-ring (bicyclic) bond motifs is 3. The van der Waals surface area contributed by atoms with Gasteiger partial charge in [-0.1, -0.05) is 6.42 Å². The van der Waals surface area contributed by atoms with Crippen molar-refractivity contribution in [2.24, 2.45) is 17.8 Å². The van der Waals surface area contributed by atoms with Crippen LogP contribution in [0, 0.1) is 17.8 Å². The van der Waals surface area contributed by atoms with E-state index in [1.54, 1.807) is 11.3 Å². The van der Waals surface area contributed by atoms with Crippen LogP contribution in [0.1, 0.15) is 55.5 Å². The molecule has 2 fully saturated rings. The average Bonchev–Trinajstić information content (AvgIpc) is 3.17. The summed E-state index contributed by atoms with van der Waals surface area (Å²) in [6, 6.07) is 0.454. The van der Waals surface area contributed by atoms with Crippen molar-refractivity contribution >= 4 is 22.4 Å². The second kappa shape index (κ2) is 4.97. The van der Waals surface area contributed by atoms with Crippen LogP contribution in [-0.2, 0) is 11.2 Å². The molecule has 0 spiro atoms. The summed E-state index contributed by atoms with van der Waals surface area (Å²) < 4.78 is 0. The van der Waals surface area contributed by atoms with E-state index in [4.69, 9.17) is 0 Å². The van der Waals surface area contributed by atoms with Crippen LogP contribution in [0.15, 0.2) is 0 Å². The van der Waals surface area contributed by atoms with Gasteiger partial charge < -0.3 is 10.4 Å². The lowest BCUT2D eigenvalue weighted by Crippen LogP contribution is -2.29. The van der Waals surface area contributed by atoms with E-state index in [1.165, 1.54) is 30.6 Å². The fourth-order valence-corrected chi connectivity index (χ4v) is 5.87. The number of nitrogens with zero attached hydrogens (tertiary/aromatic N) is 1. The molecule has 1 heterocycles. The number of thiazole rings is 1. The van der Waals surface area contributed by atoms with Crippen molar-refractivity contribution in [3.63, 3.8) is 0 Å². The van der Waals surface area contributed by atoms with Gasteiger partial charge in [-0.2, -0.15) is 0 Å². The molecule has 0 radical (unpaired) electrons. The van der Waals surface area contributed by atoms with Crippen LogP contribution in [0.5, 0.6) is 0 Å². The number of carboxylic acids is 1. The van der Waals surface area contributed by atoms with Crippen molar-refractivity contribution in [2.45, 2.75) is 57.4 Å². The number of aliphatic carboxylic acids is 1. The maximum Gasteiger partial charge on any atom is 0.312 e. The summed E-state index contributed by atoms with van der Waals surface area (Å²) in [7, 11) is 0. The second-order valence-electron chi connectivity index (χ2n) is 7.03. The topological polar surface area (TPSA) is 62.2 Å². The Labute approximate surface area is 129 Å². The molecule has 5 heteroatoms. The molecule has 1 aromatic heterocycles. The predicted molar refractivity (Wildman–Crippen MR) is 82.8 cm³/mol. The number of aromatic nitrogens is 1. The van der Waals surface area contributed by atoms with Gasteiger partial charge in [-0.3, -0.25) is 4.79 Å². The molecule has 0 saturated heterocycles. The molecule has 0 aliphatic heterocycles. The summed E-state index contributed by atoms with van der Waals surface area (Å²) in [5.41, 5.74) is 0.815. The van der Waals surface area contributed by atoms with Gasteiger partial charge in [0.2, 0.25) is 0 Å². The normalized spacial score (nSPS) is 34.9. The summed E-state index contributed by atoms with van der Waals surface area (Å²) in [4.78, 5) is 17.0. The molecule has 3 aliphatic rings. The summed E-state index contributed by atoms with van der Waals surface area (Å²) >= 11 is 1.66. The molecule has 5 unspecified atom stereocenters. The average molecular weight is 306 g/mol. The van der Waals surface area contributed by atoms with Crippen molar-refractivity contribution in [3.8, 4) is 0 Å². The van der Waals surface area contributed by atoms with E-state index < -0.39 is 5.97 Å². The molecule has 3 aliphatic carbocycles. The van der Waals surface area contributed by atoms with Crippen molar-refractivity contribution in [1.82, 2.24) is 4.98 Å². The van der Waals surface area contributed by atoms with E-state index in [0.717, 1.165) is 35.0 Å². The molecule has 1 aromatic rings. The number of carboxylic acid groups (broad SMARTS) is 1. The summed E-state index contributed by atoms with van der Waals surface area (Å²) in [6.45, 7) is 2.27. The maximum atomic E-state index is 11.2. The molecule has 114 valence electrons. The molecule has 4 rings (SSSR count). The number of hydrogen-bond donors (Lipinski definition) is 2. The van der Waals surface area contributed by atoms with Crippen molar-refractivity contribution in [3.05, 3.63) is 10.6 Å². The highest BCUT2D eigenvalue weighted by molar-refractivity contribution is 7.15. The highest BCUT2D eigenvalue weighted by Crippen LogP contribution is 2.50. The van der Waals surface area contributed by atoms with Crippen LogP contribution in [0.3, 0.4) is 0 Å². The first-order chi connectivity index (χ1) is 10.1. The van der Waals surface area contributed by atoms with Crippen molar-refractivity contribution in [1.29, 1.82) is 0 Å². The molecular formula is C16H22N2O2S. The quantitative estimate of drug-likeness (QED) is 0.894. The number of hydrogen-bond acceptors (Lipinski definition) is 4. The van der Waals surface area contributed by atoms with Crippen LogP contribution in [0.25, 0.3) is 0 Å². The molecule has 2 N–H and O–H groups in total. The standard InChI is InChI=1S/C16H22N2O2S/c1-8(12-7-9-2-3-10(12)6-9)17-16-18-14-11(15(19)20)4-5-13(14)21-16/h8-12H,2-7H2,1H3,(H,17,18)(H,19,20). The highest BCUT2D eigenvalue weighted by Gasteiger charge is 2.42. The van der Waals surface area contributed by atoms with Crippen LogP contribution in [-0.4, -0.2) is 22.1 Å². The Kier molecular flexibility index (Phi) is 3.21. The Hall–Kier alpha value is -1.10. The largest absolute Gasteiger partial charge is 0.481 e. The zero-order valence-corrected chi connectivity index (χ0v) is 13.2. The van der Waals surface area contributed by atoms with Crippen LogP contribution in [0.2, 0.25) is 0 Å². The summed E-state index contributed by atoms with van der Waals surface area (Å²) in [6.07, 6.45) is 7.20. The lowest BCUT2D eigenvalue weighted by Gasteiger charge is -2.28. The number of nitrogens with one attached hydrogen (secondary N) is 1. The van der Waals surface area contributed by atoms with Gasteiger partial charge >= 0.3 is 5.97 Å². The Bertz CT molecular complexity index is 571. The molecule has 0 aromatic carbocycles.